The van der Waals surface area contributed by atoms with Gasteiger partial charge in [-0.3, -0.25) is 0 Å². The van der Waals surface area contributed by atoms with Gasteiger partial charge in [-0.2, -0.15) is 0 Å². The van der Waals surface area contributed by atoms with Crippen molar-refractivity contribution in [2.45, 2.75) is 19.8 Å². The fourth-order valence-corrected chi connectivity index (χ4v) is 3.57. The lowest BCUT2D eigenvalue weighted by molar-refractivity contribution is 0.187. The Bertz CT molecular complexity index is 417. The molecule has 3 rings (SSSR count). The molecule has 3 nitrogen and oxygen atoms in total. The Morgan fingerprint density at radius 1 is 1.10 bits per heavy atom. The topological polar surface area (TPSA) is 18.5 Å². The average molecular weight is 310 g/mol. The molecule has 0 bridgehead atoms. The third-order valence-corrected chi connectivity index (χ3v) is 4.77. The van der Waals surface area contributed by atoms with Gasteiger partial charge in [-0.25, -0.2) is 0 Å². The minimum atomic E-state index is 0. The molecule has 1 atom stereocenters. The van der Waals surface area contributed by atoms with Crippen molar-refractivity contribution in [3.05, 3.63) is 30.3 Å². The second kappa shape index (κ2) is 7.48. The van der Waals surface area contributed by atoms with Gasteiger partial charge in [-0.15, -0.1) is 12.4 Å². The lowest BCUT2D eigenvalue weighted by Crippen LogP contribution is -2.39. The third-order valence-electron chi connectivity index (χ3n) is 4.77. The van der Waals surface area contributed by atoms with Gasteiger partial charge in [0.2, 0.25) is 0 Å². The zero-order chi connectivity index (χ0) is 13.8. The number of nitrogens with zero attached hydrogens (tertiary/aromatic N) is 2. The van der Waals surface area contributed by atoms with E-state index in [0.29, 0.717) is 5.41 Å². The van der Waals surface area contributed by atoms with E-state index in [2.05, 4.69) is 52.4 Å². The van der Waals surface area contributed by atoms with Crippen molar-refractivity contribution < 1.29 is 0 Å². The molecule has 2 aliphatic rings. The van der Waals surface area contributed by atoms with E-state index >= 15 is 0 Å². The van der Waals surface area contributed by atoms with Gasteiger partial charge < -0.3 is 15.1 Å². The first kappa shape index (κ1) is 16.6. The first-order chi connectivity index (χ1) is 9.75. The summed E-state index contributed by atoms with van der Waals surface area (Å²) in [6.07, 6.45) is 2.60. The molecular formula is C17H28ClN3. The van der Waals surface area contributed by atoms with E-state index in [1.54, 1.807) is 0 Å². The number of rotatable bonds is 3. The van der Waals surface area contributed by atoms with Gasteiger partial charge in [0.15, 0.2) is 0 Å². The van der Waals surface area contributed by atoms with Crippen molar-refractivity contribution in [1.82, 2.24) is 10.2 Å². The summed E-state index contributed by atoms with van der Waals surface area (Å²) in [6, 6.07) is 10.9. The second-order valence-electron chi connectivity index (χ2n) is 6.69. The largest absolute Gasteiger partial charge is 0.370 e. The number of para-hydroxylation sites is 1. The van der Waals surface area contributed by atoms with Gasteiger partial charge in [0, 0.05) is 38.4 Å². The SMILES string of the molecule is CC1(CN2CCCN(c3ccccc3)CC2)CCNC1.Cl. The molecule has 1 unspecified atom stereocenters. The fraction of sp³-hybridized carbons (Fsp3) is 0.647. The maximum absolute atomic E-state index is 3.52. The quantitative estimate of drug-likeness (QED) is 0.926. The first-order valence-electron chi connectivity index (χ1n) is 7.98. The number of nitrogens with one attached hydrogen (secondary N) is 1. The highest BCUT2D eigenvalue weighted by atomic mass is 35.5. The molecule has 0 amide bonds. The van der Waals surface area contributed by atoms with E-state index < -0.39 is 0 Å². The predicted octanol–water partition coefficient (Wildman–Crippen LogP) is 2.62. The molecule has 1 aromatic rings. The van der Waals surface area contributed by atoms with E-state index in [-0.39, 0.29) is 12.4 Å². The van der Waals surface area contributed by atoms with Crippen LogP contribution in [-0.2, 0) is 0 Å². The number of hydrogen-bond acceptors (Lipinski definition) is 3. The van der Waals surface area contributed by atoms with Crippen LogP contribution in [0.1, 0.15) is 19.8 Å². The van der Waals surface area contributed by atoms with Crippen molar-refractivity contribution >= 4 is 18.1 Å². The van der Waals surface area contributed by atoms with E-state index in [1.807, 2.05) is 0 Å². The summed E-state index contributed by atoms with van der Waals surface area (Å²) in [4.78, 5) is 5.21. The molecule has 1 aromatic carbocycles. The zero-order valence-corrected chi connectivity index (χ0v) is 13.9. The standard InChI is InChI=1S/C17H27N3.ClH/c1-17(8-9-18-14-17)15-19-10-5-11-20(13-12-19)16-6-3-2-4-7-16;/h2-4,6-7,18H,5,8-15H2,1H3;1H. The summed E-state index contributed by atoms with van der Waals surface area (Å²) in [7, 11) is 0. The van der Waals surface area contributed by atoms with Crippen LogP contribution in [0.25, 0.3) is 0 Å². The number of halogens is 1. The summed E-state index contributed by atoms with van der Waals surface area (Å²) >= 11 is 0. The highest BCUT2D eigenvalue weighted by Crippen LogP contribution is 2.26. The molecule has 2 aliphatic heterocycles. The lowest BCUT2D eigenvalue weighted by atomic mass is 9.89. The van der Waals surface area contributed by atoms with Crippen molar-refractivity contribution in [2.75, 3.05) is 50.7 Å². The molecule has 1 N–H and O–H groups in total. The van der Waals surface area contributed by atoms with Gasteiger partial charge >= 0.3 is 0 Å². The molecule has 0 aromatic heterocycles. The summed E-state index contributed by atoms with van der Waals surface area (Å²) < 4.78 is 0. The van der Waals surface area contributed by atoms with Gasteiger partial charge in [0.1, 0.15) is 0 Å². The summed E-state index contributed by atoms with van der Waals surface area (Å²) in [5.41, 5.74) is 1.87. The van der Waals surface area contributed by atoms with Crippen LogP contribution >= 0.6 is 12.4 Å². The molecule has 118 valence electrons. The van der Waals surface area contributed by atoms with Crippen molar-refractivity contribution in [3.8, 4) is 0 Å². The Labute approximate surface area is 135 Å². The van der Waals surface area contributed by atoms with Crippen LogP contribution in [0.5, 0.6) is 0 Å². The maximum Gasteiger partial charge on any atom is 0.0366 e. The second-order valence-corrected chi connectivity index (χ2v) is 6.69. The molecule has 2 fully saturated rings. The first-order valence-corrected chi connectivity index (χ1v) is 7.98. The molecule has 2 saturated heterocycles. The van der Waals surface area contributed by atoms with Crippen LogP contribution in [0.2, 0.25) is 0 Å². The minimum Gasteiger partial charge on any atom is -0.370 e. The summed E-state index contributed by atoms with van der Waals surface area (Å²) in [5.74, 6) is 0. The van der Waals surface area contributed by atoms with Crippen molar-refractivity contribution in [3.63, 3.8) is 0 Å². The molecule has 0 spiro atoms. The van der Waals surface area contributed by atoms with Crippen LogP contribution in [0, 0.1) is 5.41 Å². The lowest BCUT2D eigenvalue weighted by Gasteiger charge is -2.31. The Hall–Kier alpha value is -0.770. The summed E-state index contributed by atoms with van der Waals surface area (Å²) in [5, 5.41) is 3.52. The third kappa shape index (κ3) is 4.35. The van der Waals surface area contributed by atoms with E-state index in [0.717, 1.165) is 6.54 Å². The van der Waals surface area contributed by atoms with Gasteiger partial charge in [-0.1, -0.05) is 25.1 Å². The molecule has 2 heterocycles. The van der Waals surface area contributed by atoms with Crippen molar-refractivity contribution in [1.29, 1.82) is 0 Å². The van der Waals surface area contributed by atoms with Crippen LogP contribution < -0.4 is 10.2 Å². The average Bonchev–Trinajstić information content (AvgIpc) is 2.76. The molecular weight excluding hydrogens is 282 g/mol. The monoisotopic (exact) mass is 309 g/mol. The Morgan fingerprint density at radius 2 is 1.90 bits per heavy atom. The van der Waals surface area contributed by atoms with E-state index in [9.17, 15) is 0 Å². The van der Waals surface area contributed by atoms with Crippen LogP contribution in [0.4, 0.5) is 5.69 Å². The Balaban J connectivity index is 0.00000161. The number of benzene rings is 1. The van der Waals surface area contributed by atoms with E-state index in [4.69, 9.17) is 0 Å². The highest BCUT2D eigenvalue weighted by molar-refractivity contribution is 5.85. The van der Waals surface area contributed by atoms with Crippen molar-refractivity contribution in [2.24, 2.45) is 5.41 Å². The van der Waals surface area contributed by atoms with Gasteiger partial charge in [0.25, 0.3) is 0 Å². The summed E-state index contributed by atoms with van der Waals surface area (Å²) in [6.45, 7) is 10.9. The highest BCUT2D eigenvalue weighted by Gasteiger charge is 2.31. The van der Waals surface area contributed by atoms with Crippen LogP contribution in [0.3, 0.4) is 0 Å². The van der Waals surface area contributed by atoms with Crippen LogP contribution in [0.15, 0.2) is 30.3 Å². The fourth-order valence-electron chi connectivity index (χ4n) is 3.57. The maximum atomic E-state index is 3.52. The Kier molecular flexibility index (Phi) is 5.91. The molecule has 0 saturated carbocycles. The molecule has 4 heteroatoms. The normalized spacial score (nSPS) is 27.2. The Morgan fingerprint density at radius 3 is 2.62 bits per heavy atom. The van der Waals surface area contributed by atoms with Gasteiger partial charge in [0.05, 0.1) is 0 Å². The molecule has 0 aliphatic carbocycles. The zero-order valence-electron chi connectivity index (χ0n) is 13.1. The number of hydrogen-bond donors (Lipinski definition) is 1. The number of anilines is 1. The molecule has 21 heavy (non-hydrogen) atoms. The smallest absolute Gasteiger partial charge is 0.0366 e. The minimum absolute atomic E-state index is 0. The van der Waals surface area contributed by atoms with Crippen LogP contribution in [-0.4, -0.2) is 50.7 Å². The van der Waals surface area contributed by atoms with Gasteiger partial charge in [-0.05, 0) is 43.5 Å². The molecule has 0 radical (unpaired) electrons. The van der Waals surface area contributed by atoms with E-state index in [1.165, 1.54) is 57.8 Å². The predicted molar refractivity (Wildman–Crippen MR) is 92.6 cm³/mol.